The number of aromatic nitrogens is 2. The van der Waals surface area contributed by atoms with E-state index in [2.05, 4.69) is 26.3 Å². The van der Waals surface area contributed by atoms with Crippen molar-refractivity contribution in [1.82, 2.24) is 15.1 Å². The number of nitrogens with one attached hydrogen (secondary N) is 1. The van der Waals surface area contributed by atoms with Gasteiger partial charge >= 0.3 is 0 Å². The van der Waals surface area contributed by atoms with Gasteiger partial charge in [-0.05, 0) is 54.1 Å². The molecule has 0 aliphatic rings. The highest BCUT2D eigenvalue weighted by Gasteiger charge is 2.11. The highest BCUT2D eigenvalue weighted by Crippen LogP contribution is 2.14. The van der Waals surface area contributed by atoms with Gasteiger partial charge in [0.2, 0.25) is 0 Å². The second-order valence-corrected chi connectivity index (χ2v) is 6.32. The van der Waals surface area contributed by atoms with Crippen LogP contribution in [0.2, 0.25) is 0 Å². The van der Waals surface area contributed by atoms with Crippen LogP contribution in [0.5, 0.6) is 0 Å². The van der Waals surface area contributed by atoms with Gasteiger partial charge in [-0.25, -0.2) is 8.78 Å². The summed E-state index contributed by atoms with van der Waals surface area (Å²) in [6, 6.07) is 11.9. The molecular formula is C18H12BrF2N3O2. The van der Waals surface area contributed by atoms with E-state index in [0.717, 1.165) is 4.68 Å². The zero-order valence-corrected chi connectivity index (χ0v) is 14.8. The van der Waals surface area contributed by atoms with Crippen LogP contribution in [-0.4, -0.2) is 15.7 Å². The SMILES string of the molecule is O=C(NCc1cc(F)cc(Br)c1)c1ccc(=O)n(-c2ccc(F)cc2)n1. The fourth-order valence-corrected chi connectivity index (χ4v) is 2.80. The number of amides is 1. The van der Waals surface area contributed by atoms with Gasteiger partial charge in [-0.2, -0.15) is 9.78 Å². The van der Waals surface area contributed by atoms with Crippen LogP contribution < -0.4 is 10.9 Å². The quantitative estimate of drug-likeness (QED) is 0.705. The molecule has 3 aromatic rings. The van der Waals surface area contributed by atoms with Gasteiger partial charge in [0.25, 0.3) is 11.5 Å². The van der Waals surface area contributed by atoms with E-state index in [1.807, 2.05) is 0 Å². The Bertz CT molecular complexity index is 999. The average molecular weight is 420 g/mol. The highest BCUT2D eigenvalue weighted by atomic mass is 79.9. The zero-order chi connectivity index (χ0) is 18.7. The standard InChI is InChI=1S/C18H12BrF2N3O2/c19-12-7-11(8-14(21)9-12)10-22-18(26)16-5-6-17(25)24(23-16)15-3-1-13(20)2-4-15/h1-9H,10H2,(H,22,26). The lowest BCUT2D eigenvalue weighted by molar-refractivity contribution is 0.0944. The Morgan fingerprint density at radius 1 is 1.04 bits per heavy atom. The minimum atomic E-state index is -0.527. The lowest BCUT2D eigenvalue weighted by Gasteiger charge is -2.08. The summed E-state index contributed by atoms with van der Waals surface area (Å²) < 4.78 is 28.0. The summed E-state index contributed by atoms with van der Waals surface area (Å²) in [7, 11) is 0. The molecule has 132 valence electrons. The molecule has 0 saturated heterocycles. The van der Waals surface area contributed by atoms with Gasteiger partial charge in [-0.1, -0.05) is 15.9 Å². The van der Waals surface area contributed by atoms with Crippen molar-refractivity contribution in [3.8, 4) is 5.69 Å². The number of hydrogen-bond acceptors (Lipinski definition) is 3. The topological polar surface area (TPSA) is 64.0 Å². The lowest BCUT2D eigenvalue weighted by Crippen LogP contribution is -2.28. The average Bonchev–Trinajstić information content (AvgIpc) is 2.60. The number of carbonyl (C=O) groups is 1. The van der Waals surface area contributed by atoms with Crippen molar-refractivity contribution in [2.45, 2.75) is 6.54 Å². The fraction of sp³-hybridized carbons (Fsp3) is 0.0556. The van der Waals surface area contributed by atoms with E-state index in [-0.39, 0.29) is 12.2 Å². The molecule has 0 saturated carbocycles. The molecule has 1 aromatic heterocycles. The summed E-state index contributed by atoms with van der Waals surface area (Å²) in [6.45, 7) is 0.0898. The largest absolute Gasteiger partial charge is 0.347 e. The normalized spacial score (nSPS) is 10.6. The van der Waals surface area contributed by atoms with Crippen molar-refractivity contribution in [2.24, 2.45) is 0 Å². The third-order valence-electron chi connectivity index (χ3n) is 3.48. The number of benzene rings is 2. The van der Waals surface area contributed by atoms with E-state index in [4.69, 9.17) is 0 Å². The first-order valence-electron chi connectivity index (χ1n) is 7.52. The van der Waals surface area contributed by atoms with Crippen LogP contribution in [0.1, 0.15) is 16.1 Å². The smallest absolute Gasteiger partial charge is 0.272 e. The first-order chi connectivity index (χ1) is 12.4. The van der Waals surface area contributed by atoms with Crippen molar-refractivity contribution in [2.75, 3.05) is 0 Å². The molecule has 0 bridgehead atoms. The Balaban J connectivity index is 1.80. The van der Waals surface area contributed by atoms with E-state index >= 15 is 0 Å². The summed E-state index contributed by atoms with van der Waals surface area (Å²) in [5.41, 5.74) is 0.448. The van der Waals surface area contributed by atoms with E-state index < -0.39 is 23.1 Å². The number of hydrogen-bond donors (Lipinski definition) is 1. The monoisotopic (exact) mass is 419 g/mol. The number of halogens is 3. The third kappa shape index (κ3) is 4.20. The Kier molecular flexibility index (Phi) is 5.22. The molecular weight excluding hydrogens is 408 g/mol. The van der Waals surface area contributed by atoms with Gasteiger partial charge in [0, 0.05) is 17.1 Å². The minimum absolute atomic E-state index is 0.00407. The molecule has 1 N–H and O–H groups in total. The number of carbonyl (C=O) groups excluding carboxylic acids is 1. The van der Waals surface area contributed by atoms with Crippen LogP contribution in [0.4, 0.5) is 8.78 Å². The molecule has 2 aromatic carbocycles. The van der Waals surface area contributed by atoms with Crippen LogP contribution >= 0.6 is 15.9 Å². The second kappa shape index (κ2) is 7.57. The lowest BCUT2D eigenvalue weighted by atomic mass is 10.2. The van der Waals surface area contributed by atoms with Crippen LogP contribution in [-0.2, 0) is 6.54 Å². The van der Waals surface area contributed by atoms with Crippen LogP contribution in [0.25, 0.3) is 5.69 Å². The summed E-state index contributed by atoms with van der Waals surface area (Å²) in [5, 5.41) is 6.62. The molecule has 0 aliphatic heterocycles. The van der Waals surface area contributed by atoms with Gasteiger partial charge in [-0.15, -0.1) is 0 Å². The van der Waals surface area contributed by atoms with Crippen LogP contribution in [0, 0.1) is 11.6 Å². The second-order valence-electron chi connectivity index (χ2n) is 5.41. The zero-order valence-electron chi connectivity index (χ0n) is 13.2. The summed E-state index contributed by atoms with van der Waals surface area (Å²) in [6.07, 6.45) is 0. The molecule has 0 aliphatic carbocycles. The molecule has 8 heteroatoms. The summed E-state index contributed by atoms with van der Waals surface area (Å²) >= 11 is 3.18. The van der Waals surface area contributed by atoms with E-state index in [0.29, 0.717) is 15.7 Å². The summed E-state index contributed by atoms with van der Waals surface area (Å²) in [4.78, 5) is 24.2. The maximum Gasteiger partial charge on any atom is 0.272 e. The highest BCUT2D eigenvalue weighted by molar-refractivity contribution is 9.10. The Morgan fingerprint density at radius 2 is 1.77 bits per heavy atom. The third-order valence-corrected chi connectivity index (χ3v) is 3.94. The van der Waals surface area contributed by atoms with E-state index in [1.54, 1.807) is 6.07 Å². The maximum atomic E-state index is 13.4. The molecule has 0 radical (unpaired) electrons. The summed E-state index contributed by atoms with van der Waals surface area (Å²) in [5.74, 6) is -1.40. The Labute approximate surface area is 155 Å². The van der Waals surface area contributed by atoms with Gasteiger partial charge in [0.05, 0.1) is 5.69 Å². The molecule has 0 unspecified atom stereocenters. The van der Waals surface area contributed by atoms with E-state index in [1.165, 1.54) is 48.5 Å². The Morgan fingerprint density at radius 3 is 2.46 bits per heavy atom. The molecule has 26 heavy (non-hydrogen) atoms. The first kappa shape index (κ1) is 17.9. The first-order valence-corrected chi connectivity index (χ1v) is 8.31. The van der Waals surface area contributed by atoms with Crippen molar-refractivity contribution < 1.29 is 13.6 Å². The predicted molar refractivity (Wildman–Crippen MR) is 95.1 cm³/mol. The molecule has 5 nitrogen and oxygen atoms in total. The molecule has 0 atom stereocenters. The number of nitrogens with zero attached hydrogens (tertiary/aromatic N) is 2. The fourth-order valence-electron chi connectivity index (χ4n) is 2.29. The molecule has 0 fully saturated rings. The van der Waals surface area contributed by atoms with Crippen LogP contribution in [0.3, 0.4) is 0 Å². The molecule has 1 heterocycles. The van der Waals surface area contributed by atoms with Crippen molar-refractivity contribution in [1.29, 1.82) is 0 Å². The van der Waals surface area contributed by atoms with Crippen molar-refractivity contribution in [3.63, 3.8) is 0 Å². The molecule has 0 spiro atoms. The Hall–Kier alpha value is -2.87. The van der Waals surface area contributed by atoms with Gasteiger partial charge in [0.1, 0.15) is 17.3 Å². The number of rotatable bonds is 4. The van der Waals surface area contributed by atoms with Gasteiger partial charge in [0.15, 0.2) is 0 Å². The predicted octanol–water partition coefficient (Wildman–Crippen LogP) is 3.20. The van der Waals surface area contributed by atoms with Crippen molar-refractivity contribution >= 4 is 21.8 Å². The van der Waals surface area contributed by atoms with Crippen LogP contribution in [0.15, 0.2) is 63.9 Å². The maximum absolute atomic E-state index is 13.4. The molecule has 3 rings (SSSR count). The van der Waals surface area contributed by atoms with Gasteiger partial charge < -0.3 is 5.32 Å². The van der Waals surface area contributed by atoms with E-state index in [9.17, 15) is 18.4 Å². The molecule has 1 amide bonds. The minimum Gasteiger partial charge on any atom is -0.347 e. The van der Waals surface area contributed by atoms with Crippen molar-refractivity contribution in [3.05, 3.63) is 92.3 Å². The van der Waals surface area contributed by atoms with Gasteiger partial charge in [-0.3, -0.25) is 9.59 Å².